The first kappa shape index (κ1) is 12.7. The maximum absolute atomic E-state index is 10.8. The third-order valence-electron chi connectivity index (χ3n) is 1.44. The molecule has 0 spiro atoms. The zero-order chi connectivity index (χ0) is 9.84. The van der Waals surface area contributed by atoms with E-state index in [-0.39, 0.29) is 40.9 Å². The van der Waals surface area contributed by atoms with Gasteiger partial charge in [0.1, 0.15) is 0 Å². The topological polar surface area (TPSA) is 95.6 Å². The maximum atomic E-state index is 10.8. The second-order valence-electron chi connectivity index (χ2n) is 2.46. The number of benzene rings is 1. The fourth-order valence-corrected chi connectivity index (χ4v) is 0.813. The fourth-order valence-electron chi connectivity index (χ4n) is 0.813. The fraction of sp³-hybridized carbons (Fsp3) is 0.125. The summed E-state index contributed by atoms with van der Waals surface area (Å²) in [5.74, 6) is -0.870. The van der Waals surface area contributed by atoms with E-state index in [0.717, 1.165) is 0 Å². The molecule has 0 fully saturated rings. The van der Waals surface area contributed by atoms with Gasteiger partial charge >= 0.3 is 0 Å². The van der Waals surface area contributed by atoms with Crippen molar-refractivity contribution in [2.45, 2.75) is 0 Å². The van der Waals surface area contributed by atoms with Crippen molar-refractivity contribution in [1.29, 1.82) is 0 Å². The predicted molar refractivity (Wildman–Crippen MR) is 57.8 cm³/mol. The van der Waals surface area contributed by atoms with Crippen LogP contribution in [0.15, 0.2) is 18.2 Å². The summed E-state index contributed by atoms with van der Waals surface area (Å²) in [6, 6.07) is 3.98. The molecule has 0 atom stereocenters. The Bertz CT molecular complexity index is 330. The monoisotopic (exact) mass is 262 g/mol. The predicted octanol–water partition coefficient (Wildman–Crippen LogP) is 0.573. The van der Waals surface area contributed by atoms with Gasteiger partial charge < -0.3 is 21.3 Å². The van der Waals surface area contributed by atoms with Crippen LogP contribution in [0.4, 0.5) is 5.69 Å². The average Bonchev–Trinajstić information content (AvgIpc) is 2.11. The highest BCUT2D eigenvalue weighted by Gasteiger charge is 2.02. The van der Waals surface area contributed by atoms with Crippen molar-refractivity contribution in [3.8, 4) is 11.5 Å². The molecule has 0 aliphatic rings. The quantitative estimate of drug-likeness (QED) is 0.463. The number of carbonyl (C=O) groups excluding carboxylic acids is 1. The smallest absolute Gasteiger partial charge is 0.238 e. The van der Waals surface area contributed by atoms with Gasteiger partial charge in [0.15, 0.2) is 11.5 Å². The molecule has 0 aromatic heterocycles. The molecule has 0 heterocycles. The van der Waals surface area contributed by atoms with Gasteiger partial charge in [-0.2, -0.15) is 0 Å². The average molecular weight is 263 g/mol. The van der Waals surface area contributed by atoms with Crippen molar-refractivity contribution < 1.29 is 15.0 Å². The van der Waals surface area contributed by atoms with Crippen molar-refractivity contribution >= 4 is 28.6 Å². The van der Waals surface area contributed by atoms with Gasteiger partial charge in [0.25, 0.3) is 0 Å². The van der Waals surface area contributed by atoms with Crippen molar-refractivity contribution in [2.75, 3.05) is 11.9 Å². The molecule has 0 saturated heterocycles. The molecule has 14 heavy (non-hydrogen) atoms. The van der Waals surface area contributed by atoms with E-state index in [1.54, 1.807) is 0 Å². The minimum Gasteiger partial charge on any atom is -0.504 e. The van der Waals surface area contributed by atoms with Crippen LogP contribution in [0.5, 0.6) is 11.5 Å². The van der Waals surface area contributed by atoms with E-state index < -0.39 is 0 Å². The molecule has 1 rings (SSSR count). The highest BCUT2D eigenvalue weighted by Crippen LogP contribution is 2.27. The Balaban J connectivity index is 0.00000169. The minimum atomic E-state index is -0.356. The number of nitrogens with two attached hydrogens (primary N) is 1. The third kappa shape index (κ3) is 3.23. The van der Waals surface area contributed by atoms with Crippen LogP contribution in [-0.2, 0) is 4.79 Å². The maximum Gasteiger partial charge on any atom is 0.238 e. The number of carbonyl (C=O) groups is 1. The lowest BCUT2D eigenvalue weighted by Crippen LogP contribution is -2.21. The number of phenolic OH excluding ortho intramolecular Hbond substituents is 2. The van der Waals surface area contributed by atoms with Crippen LogP contribution in [0.1, 0.15) is 0 Å². The Morgan fingerprint density at radius 3 is 2.50 bits per heavy atom. The number of amides is 1. The summed E-state index contributed by atoms with van der Waals surface area (Å²) in [5.41, 5.74) is 5.46. The summed E-state index contributed by atoms with van der Waals surface area (Å²) in [7, 11) is 0. The molecule has 5 N–H and O–H groups in total. The van der Waals surface area contributed by atoms with E-state index in [9.17, 15) is 4.79 Å². The number of rotatable bonds is 2. The van der Waals surface area contributed by atoms with Gasteiger partial charge in [-0.05, 0) is 12.1 Å². The molecule has 0 unspecified atom stereocenters. The third-order valence-corrected chi connectivity index (χ3v) is 1.44. The van der Waals surface area contributed by atoms with Crippen LogP contribution in [0.25, 0.3) is 0 Å². The van der Waals surface area contributed by atoms with Crippen LogP contribution in [0.2, 0.25) is 0 Å². The summed E-state index contributed by atoms with van der Waals surface area (Å²) in [6.07, 6.45) is 0. The van der Waals surface area contributed by atoms with Gasteiger partial charge in [0.05, 0.1) is 6.54 Å². The van der Waals surface area contributed by atoms with Gasteiger partial charge in [-0.25, -0.2) is 0 Å². The minimum absolute atomic E-state index is 0. The molecule has 1 aromatic rings. The molecule has 5 nitrogen and oxygen atoms in total. The number of aromatic hydroxyl groups is 2. The Kier molecular flexibility index (Phi) is 4.96. The van der Waals surface area contributed by atoms with E-state index in [4.69, 9.17) is 15.9 Å². The number of hydrogen-bond donors (Lipinski definition) is 4. The van der Waals surface area contributed by atoms with Crippen LogP contribution in [0, 0.1) is 0 Å². The van der Waals surface area contributed by atoms with E-state index in [2.05, 4.69) is 5.32 Å². The number of anilines is 1. The van der Waals surface area contributed by atoms with Crippen LogP contribution < -0.4 is 11.1 Å². The summed E-state index contributed by atoms with van der Waals surface area (Å²) in [6.45, 7) is -0.123. The number of hydrogen-bond acceptors (Lipinski definition) is 4. The van der Waals surface area contributed by atoms with E-state index in [1.807, 2.05) is 0 Å². The van der Waals surface area contributed by atoms with Crippen LogP contribution in [-0.4, -0.2) is 22.7 Å². The van der Waals surface area contributed by atoms with E-state index in [1.165, 1.54) is 18.2 Å². The lowest BCUT2D eigenvalue weighted by atomic mass is 10.3. The molecular formula is C8H11BrN2O3. The highest BCUT2D eigenvalue weighted by molar-refractivity contribution is 8.93. The second kappa shape index (κ2) is 5.46. The summed E-state index contributed by atoms with van der Waals surface area (Å²) in [5, 5.41) is 20.4. The van der Waals surface area contributed by atoms with Gasteiger partial charge in [0, 0.05) is 11.8 Å². The Morgan fingerprint density at radius 1 is 1.36 bits per heavy atom. The van der Waals surface area contributed by atoms with E-state index in [0.29, 0.717) is 5.69 Å². The van der Waals surface area contributed by atoms with Gasteiger partial charge in [-0.3, -0.25) is 4.79 Å². The number of nitrogens with one attached hydrogen (secondary N) is 1. The SMILES string of the molecule is Br.NCC(=O)Nc1ccc(O)c(O)c1. The summed E-state index contributed by atoms with van der Waals surface area (Å²) < 4.78 is 0. The van der Waals surface area contributed by atoms with Crippen molar-refractivity contribution in [2.24, 2.45) is 5.73 Å². The van der Waals surface area contributed by atoms with E-state index >= 15 is 0 Å². The van der Waals surface area contributed by atoms with Crippen LogP contribution >= 0.6 is 17.0 Å². The van der Waals surface area contributed by atoms with Crippen molar-refractivity contribution in [1.82, 2.24) is 0 Å². The molecular weight excluding hydrogens is 252 g/mol. The molecule has 0 bridgehead atoms. The standard InChI is InChI=1S/C8H10N2O3.BrH/c9-4-8(13)10-5-1-2-6(11)7(12)3-5;/h1-3,11-12H,4,9H2,(H,10,13);1H. The Labute approximate surface area is 91.3 Å². The number of halogens is 1. The normalized spacial score (nSPS) is 8.93. The van der Waals surface area contributed by atoms with Gasteiger partial charge in [-0.1, -0.05) is 0 Å². The zero-order valence-electron chi connectivity index (χ0n) is 7.23. The molecule has 0 aliphatic carbocycles. The summed E-state index contributed by atoms with van der Waals surface area (Å²) >= 11 is 0. The first-order valence-corrected chi connectivity index (χ1v) is 3.65. The Hall–Kier alpha value is -1.27. The zero-order valence-corrected chi connectivity index (χ0v) is 8.94. The number of phenols is 2. The van der Waals surface area contributed by atoms with Gasteiger partial charge in [0.2, 0.25) is 5.91 Å². The van der Waals surface area contributed by atoms with Crippen LogP contribution in [0.3, 0.4) is 0 Å². The molecule has 1 amide bonds. The lowest BCUT2D eigenvalue weighted by molar-refractivity contribution is -0.114. The first-order chi connectivity index (χ1) is 6.13. The first-order valence-electron chi connectivity index (χ1n) is 3.65. The Morgan fingerprint density at radius 2 is 2.00 bits per heavy atom. The molecule has 0 saturated carbocycles. The summed E-state index contributed by atoms with van der Waals surface area (Å²) in [4.78, 5) is 10.8. The van der Waals surface area contributed by atoms with Gasteiger partial charge in [-0.15, -0.1) is 17.0 Å². The largest absolute Gasteiger partial charge is 0.504 e. The molecule has 78 valence electrons. The second-order valence-corrected chi connectivity index (χ2v) is 2.46. The lowest BCUT2D eigenvalue weighted by Gasteiger charge is -2.04. The highest BCUT2D eigenvalue weighted by atomic mass is 79.9. The molecule has 0 radical (unpaired) electrons. The molecule has 6 heteroatoms. The van der Waals surface area contributed by atoms with Crippen molar-refractivity contribution in [3.05, 3.63) is 18.2 Å². The molecule has 0 aliphatic heterocycles. The molecule has 1 aromatic carbocycles. The van der Waals surface area contributed by atoms with Crippen molar-refractivity contribution in [3.63, 3.8) is 0 Å².